The van der Waals surface area contributed by atoms with Crippen LogP contribution in [0.2, 0.25) is 0 Å². The number of carbonyl (C=O) groups is 2. The number of nitrogens with one attached hydrogen (secondary N) is 1. The first-order chi connectivity index (χ1) is 15.7. The fourth-order valence-electron chi connectivity index (χ4n) is 3.41. The van der Waals surface area contributed by atoms with Gasteiger partial charge in [-0.2, -0.15) is 5.10 Å². The second-order valence-corrected chi connectivity index (χ2v) is 7.41. The molecular weight excluding hydrogens is 428 g/mol. The number of nitrogens with zero attached hydrogens (tertiary/aromatic N) is 3. The molecule has 0 saturated carbocycles. The van der Waals surface area contributed by atoms with Crippen LogP contribution in [0.15, 0.2) is 42.5 Å². The highest BCUT2D eigenvalue weighted by atomic mass is 16.6. The molecule has 0 fully saturated rings. The van der Waals surface area contributed by atoms with Crippen molar-refractivity contribution in [3.8, 4) is 5.75 Å². The van der Waals surface area contributed by atoms with Crippen LogP contribution in [0.25, 0.3) is 0 Å². The largest absolute Gasteiger partial charge is 0.490 e. The number of nitro benzene ring substituents is 1. The number of methoxy groups -OCH3 is 1. The van der Waals surface area contributed by atoms with Crippen LogP contribution in [0.5, 0.6) is 5.75 Å². The first kappa shape index (κ1) is 23.5. The summed E-state index contributed by atoms with van der Waals surface area (Å²) in [5.41, 5.74) is 3.07. The predicted octanol–water partition coefficient (Wildman–Crippen LogP) is 3.57. The van der Waals surface area contributed by atoms with Crippen LogP contribution in [0.4, 0.5) is 11.4 Å². The molecule has 0 spiro atoms. The van der Waals surface area contributed by atoms with Gasteiger partial charge in [0.25, 0.3) is 5.91 Å². The van der Waals surface area contributed by atoms with Crippen molar-refractivity contribution in [1.82, 2.24) is 9.78 Å². The third-order valence-corrected chi connectivity index (χ3v) is 5.09. The summed E-state index contributed by atoms with van der Waals surface area (Å²) in [6.45, 7) is 5.06. The molecule has 0 unspecified atom stereocenters. The third-order valence-electron chi connectivity index (χ3n) is 5.09. The fourth-order valence-corrected chi connectivity index (χ4v) is 3.41. The topological polar surface area (TPSA) is 126 Å². The van der Waals surface area contributed by atoms with Crippen LogP contribution in [-0.2, 0) is 16.1 Å². The van der Waals surface area contributed by atoms with E-state index in [-0.39, 0.29) is 11.4 Å². The Kier molecular flexibility index (Phi) is 7.07. The van der Waals surface area contributed by atoms with E-state index in [1.54, 1.807) is 25.5 Å². The summed E-state index contributed by atoms with van der Waals surface area (Å²) in [5, 5.41) is 18.1. The zero-order valence-corrected chi connectivity index (χ0v) is 18.7. The maximum atomic E-state index is 12.6. The monoisotopic (exact) mass is 452 g/mol. The highest BCUT2D eigenvalue weighted by Crippen LogP contribution is 2.32. The normalized spacial score (nSPS) is 10.5. The lowest BCUT2D eigenvalue weighted by atomic mass is 10.1. The third kappa shape index (κ3) is 5.35. The minimum Gasteiger partial charge on any atom is -0.490 e. The smallest absolute Gasteiger partial charge is 0.342 e. The zero-order chi connectivity index (χ0) is 24.1. The molecule has 33 heavy (non-hydrogen) atoms. The standard InChI is InChI=1S/C23H24N4O6/c1-14-10-19(27(30)31)20(32-4)11-18(14)24-21(28)13-33-23(29)22-15(2)25-26(16(22)3)12-17-8-6-5-7-9-17/h5-11H,12-13H2,1-4H3,(H,24,28). The van der Waals surface area contributed by atoms with Crippen molar-refractivity contribution in [2.45, 2.75) is 27.3 Å². The molecule has 0 aliphatic carbocycles. The van der Waals surface area contributed by atoms with Crippen molar-refractivity contribution in [1.29, 1.82) is 0 Å². The molecule has 2 aromatic carbocycles. The van der Waals surface area contributed by atoms with Gasteiger partial charge in [0.05, 0.1) is 30.0 Å². The number of anilines is 1. The van der Waals surface area contributed by atoms with E-state index in [0.29, 0.717) is 34.7 Å². The summed E-state index contributed by atoms with van der Waals surface area (Å²) in [4.78, 5) is 35.5. The molecule has 1 heterocycles. The number of aromatic nitrogens is 2. The van der Waals surface area contributed by atoms with Gasteiger partial charge < -0.3 is 14.8 Å². The number of benzene rings is 2. The van der Waals surface area contributed by atoms with E-state index < -0.39 is 23.4 Å². The number of nitro groups is 1. The Hall–Kier alpha value is -4.21. The minimum absolute atomic E-state index is 0.00924. The SMILES string of the molecule is COc1cc(NC(=O)COC(=O)c2c(C)nn(Cc3ccccc3)c2C)c(C)cc1[N+](=O)[O-]. The number of rotatable bonds is 8. The van der Waals surface area contributed by atoms with Crippen molar-refractivity contribution < 1.29 is 24.0 Å². The molecule has 0 aliphatic rings. The molecule has 10 heteroatoms. The second-order valence-electron chi connectivity index (χ2n) is 7.41. The molecule has 0 bridgehead atoms. The van der Waals surface area contributed by atoms with E-state index in [0.717, 1.165) is 5.56 Å². The summed E-state index contributed by atoms with van der Waals surface area (Å²) in [6.07, 6.45) is 0. The van der Waals surface area contributed by atoms with Crippen LogP contribution in [0, 0.1) is 30.9 Å². The maximum absolute atomic E-state index is 12.6. The van der Waals surface area contributed by atoms with Gasteiger partial charge in [0, 0.05) is 17.8 Å². The maximum Gasteiger partial charge on any atom is 0.342 e. The van der Waals surface area contributed by atoms with Gasteiger partial charge in [0.2, 0.25) is 0 Å². The Morgan fingerprint density at radius 3 is 2.48 bits per heavy atom. The summed E-state index contributed by atoms with van der Waals surface area (Å²) >= 11 is 0. The van der Waals surface area contributed by atoms with Gasteiger partial charge in [0.1, 0.15) is 5.56 Å². The Bertz CT molecular complexity index is 1200. The van der Waals surface area contributed by atoms with Crippen LogP contribution < -0.4 is 10.1 Å². The molecule has 0 saturated heterocycles. The number of carbonyl (C=O) groups excluding carboxylic acids is 2. The molecule has 3 aromatic rings. The first-order valence-electron chi connectivity index (χ1n) is 10.1. The average molecular weight is 452 g/mol. The van der Waals surface area contributed by atoms with E-state index in [1.807, 2.05) is 30.3 Å². The Labute approximate surface area is 190 Å². The molecule has 10 nitrogen and oxygen atoms in total. The van der Waals surface area contributed by atoms with Crippen molar-refractivity contribution >= 4 is 23.3 Å². The van der Waals surface area contributed by atoms with Crippen LogP contribution in [-0.4, -0.2) is 40.3 Å². The molecule has 1 N–H and O–H groups in total. The van der Waals surface area contributed by atoms with Gasteiger partial charge in [-0.1, -0.05) is 30.3 Å². The van der Waals surface area contributed by atoms with Crippen molar-refractivity contribution in [3.05, 3.63) is 80.7 Å². The molecule has 0 atom stereocenters. The van der Waals surface area contributed by atoms with Gasteiger partial charge in [-0.3, -0.25) is 19.6 Å². The van der Waals surface area contributed by atoms with Crippen LogP contribution in [0.1, 0.15) is 32.9 Å². The van der Waals surface area contributed by atoms with Crippen molar-refractivity contribution in [2.75, 3.05) is 19.0 Å². The number of hydrogen-bond donors (Lipinski definition) is 1. The highest BCUT2D eigenvalue weighted by Gasteiger charge is 2.22. The summed E-state index contributed by atoms with van der Waals surface area (Å²) in [7, 11) is 1.30. The second kappa shape index (κ2) is 9.94. The van der Waals surface area contributed by atoms with E-state index in [9.17, 15) is 19.7 Å². The molecule has 1 amide bonds. The summed E-state index contributed by atoms with van der Waals surface area (Å²) < 4.78 is 11.9. The summed E-state index contributed by atoms with van der Waals surface area (Å²) in [5.74, 6) is -1.23. The molecule has 172 valence electrons. The zero-order valence-electron chi connectivity index (χ0n) is 18.7. The van der Waals surface area contributed by atoms with Gasteiger partial charge in [-0.05, 0) is 31.9 Å². The lowest BCUT2D eigenvalue weighted by molar-refractivity contribution is -0.385. The van der Waals surface area contributed by atoms with Crippen molar-refractivity contribution in [3.63, 3.8) is 0 Å². The van der Waals surface area contributed by atoms with Crippen LogP contribution in [0.3, 0.4) is 0 Å². The lowest BCUT2D eigenvalue weighted by Crippen LogP contribution is -2.22. The number of aryl methyl sites for hydroxylation is 2. The quantitative estimate of drug-likeness (QED) is 0.315. The minimum atomic E-state index is -0.655. The fraction of sp³-hybridized carbons (Fsp3) is 0.261. The Morgan fingerprint density at radius 1 is 1.15 bits per heavy atom. The van der Waals surface area contributed by atoms with E-state index in [4.69, 9.17) is 9.47 Å². The molecule has 0 radical (unpaired) electrons. The number of amides is 1. The summed E-state index contributed by atoms with van der Waals surface area (Å²) in [6, 6.07) is 12.4. The molecule has 1 aromatic heterocycles. The predicted molar refractivity (Wildman–Crippen MR) is 121 cm³/mol. The lowest BCUT2D eigenvalue weighted by Gasteiger charge is -2.11. The molecule has 0 aliphatic heterocycles. The van der Waals surface area contributed by atoms with E-state index in [2.05, 4.69) is 10.4 Å². The van der Waals surface area contributed by atoms with E-state index >= 15 is 0 Å². The molecule has 3 rings (SSSR count). The van der Waals surface area contributed by atoms with Crippen molar-refractivity contribution in [2.24, 2.45) is 0 Å². The van der Waals surface area contributed by atoms with E-state index in [1.165, 1.54) is 19.2 Å². The molecular formula is C23H24N4O6. The van der Waals surface area contributed by atoms with Gasteiger partial charge in [0.15, 0.2) is 12.4 Å². The van der Waals surface area contributed by atoms with Crippen LogP contribution >= 0.6 is 0 Å². The number of ether oxygens (including phenoxy) is 2. The average Bonchev–Trinajstić information content (AvgIpc) is 3.06. The number of esters is 1. The van der Waals surface area contributed by atoms with Gasteiger partial charge >= 0.3 is 11.7 Å². The Balaban J connectivity index is 1.67. The number of hydrogen-bond acceptors (Lipinski definition) is 7. The van der Waals surface area contributed by atoms with Gasteiger partial charge in [-0.15, -0.1) is 0 Å². The Morgan fingerprint density at radius 2 is 1.85 bits per heavy atom. The first-order valence-corrected chi connectivity index (χ1v) is 10.1. The highest BCUT2D eigenvalue weighted by molar-refractivity contribution is 5.97. The van der Waals surface area contributed by atoms with Gasteiger partial charge in [-0.25, -0.2) is 4.79 Å².